The van der Waals surface area contributed by atoms with Crippen molar-refractivity contribution in [3.63, 3.8) is 0 Å². The number of rotatable bonds is 3. The zero-order chi connectivity index (χ0) is 12.1. The number of benzene rings is 2. The van der Waals surface area contributed by atoms with Crippen LogP contribution < -0.4 is 0 Å². The molecule has 0 aliphatic carbocycles. The molecule has 2 aromatic rings. The van der Waals surface area contributed by atoms with Crippen LogP contribution in [-0.4, -0.2) is 5.97 Å². The molecule has 17 heavy (non-hydrogen) atoms. The number of carbonyl (C=O) groups is 1. The Labute approximate surface area is 105 Å². The second kappa shape index (κ2) is 5.51. The van der Waals surface area contributed by atoms with E-state index in [1.165, 1.54) is 0 Å². The lowest BCUT2D eigenvalue weighted by Crippen LogP contribution is -2.03. The molecular weight excluding hydrogens is 236 g/mol. The van der Waals surface area contributed by atoms with Gasteiger partial charge in [0.05, 0.1) is 5.56 Å². The predicted molar refractivity (Wildman–Crippen MR) is 67.0 cm³/mol. The Morgan fingerprint density at radius 2 is 1.65 bits per heavy atom. The SMILES string of the molecule is O=C(OCl)c1ccccc1Cc1ccccc1. The molecule has 0 atom stereocenters. The molecule has 86 valence electrons. The molecule has 2 nitrogen and oxygen atoms in total. The van der Waals surface area contributed by atoms with Crippen molar-refractivity contribution in [2.24, 2.45) is 0 Å². The molecule has 2 rings (SSSR count). The van der Waals surface area contributed by atoms with Gasteiger partial charge in [0.1, 0.15) is 11.9 Å². The van der Waals surface area contributed by atoms with Crippen molar-refractivity contribution in [2.75, 3.05) is 0 Å². The van der Waals surface area contributed by atoms with Gasteiger partial charge in [-0.15, -0.1) is 0 Å². The molecule has 0 aliphatic rings. The van der Waals surface area contributed by atoms with Crippen LogP contribution in [0, 0.1) is 0 Å². The van der Waals surface area contributed by atoms with Gasteiger partial charge in [-0.25, -0.2) is 4.79 Å². The van der Waals surface area contributed by atoms with Crippen molar-refractivity contribution < 1.29 is 9.08 Å². The van der Waals surface area contributed by atoms with Crippen LogP contribution in [0.15, 0.2) is 54.6 Å². The summed E-state index contributed by atoms with van der Waals surface area (Å²) in [5, 5.41) is 0. The summed E-state index contributed by atoms with van der Waals surface area (Å²) in [7, 11) is 0. The lowest BCUT2D eigenvalue weighted by Gasteiger charge is -2.06. The van der Waals surface area contributed by atoms with Crippen LogP contribution in [-0.2, 0) is 10.7 Å². The third-order valence-corrected chi connectivity index (χ3v) is 2.68. The molecule has 0 aromatic heterocycles. The smallest absolute Gasteiger partial charge is 0.343 e. The molecule has 0 saturated heterocycles. The summed E-state index contributed by atoms with van der Waals surface area (Å²) in [6, 6.07) is 17.2. The van der Waals surface area contributed by atoms with Crippen molar-refractivity contribution in [2.45, 2.75) is 6.42 Å². The minimum atomic E-state index is -0.516. The van der Waals surface area contributed by atoms with E-state index in [0.717, 1.165) is 11.1 Å². The summed E-state index contributed by atoms with van der Waals surface area (Å²) in [6.45, 7) is 0. The van der Waals surface area contributed by atoms with Crippen LogP contribution in [0.2, 0.25) is 0 Å². The largest absolute Gasteiger partial charge is 0.356 e. The Hall–Kier alpha value is -1.80. The summed E-state index contributed by atoms with van der Waals surface area (Å²) in [6.07, 6.45) is 0.684. The molecule has 0 aliphatic heterocycles. The summed E-state index contributed by atoms with van der Waals surface area (Å²) >= 11 is 5.11. The van der Waals surface area contributed by atoms with E-state index in [2.05, 4.69) is 4.29 Å². The molecule has 0 saturated carbocycles. The first-order valence-corrected chi connectivity index (χ1v) is 5.57. The molecule has 0 fully saturated rings. The van der Waals surface area contributed by atoms with Crippen LogP contribution in [0.1, 0.15) is 21.5 Å². The zero-order valence-electron chi connectivity index (χ0n) is 9.10. The Kier molecular flexibility index (Phi) is 3.78. The second-order valence-electron chi connectivity index (χ2n) is 3.68. The molecule has 0 radical (unpaired) electrons. The first-order chi connectivity index (χ1) is 8.31. The van der Waals surface area contributed by atoms with Crippen LogP contribution >= 0.6 is 11.9 Å². The van der Waals surface area contributed by atoms with Gasteiger partial charge in [-0.05, 0) is 23.6 Å². The number of halogens is 1. The van der Waals surface area contributed by atoms with Crippen LogP contribution in [0.25, 0.3) is 0 Å². The molecule has 0 unspecified atom stereocenters. The predicted octanol–water partition coefficient (Wildman–Crippen LogP) is 3.59. The monoisotopic (exact) mass is 246 g/mol. The molecule has 0 N–H and O–H groups in total. The Balaban J connectivity index is 2.30. The number of hydrogen-bond acceptors (Lipinski definition) is 2. The van der Waals surface area contributed by atoms with E-state index in [1.54, 1.807) is 12.1 Å². The maximum absolute atomic E-state index is 11.5. The van der Waals surface area contributed by atoms with Crippen LogP contribution in [0.3, 0.4) is 0 Å². The highest BCUT2D eigenvalue weighted by Crippen LogP contribution is 2.15. The summed E-state index contributed by atoms with van der Waals surface area (Å²) in [5.41, 5.74) is 2.55. The fourth-order valence-corrected chi connectivity index (χ4v) is 1.81. The molecular formula is C14H11ClO2. The van der Waals surface area contributed by atoms with Gasteiger partial charge in [0.25, 0.3) is 0 Å². The molecule has 3 heteroatoms. The highest BCUT2D eigenvalue weighted by atomic mass is 35.5. The van der Waals surface area contributed by atoms with Gasteiger partial charge in [0, 0.05) is 0 Å². The molecule has 0 bridgehead atoms. The second-order valence-corrected chi connectivity index (χ2v) is 3.84. The van der Waals surface area contributed by atoms with E-state index in [0.29, 0.717) is 12.0 Å². The van der Waals surface area contributed by atoms with Crippen LogP contribution in [0.4, 0.5) is 0 Å². The van der Waals surface area contributed by atoms with Gasteiger partial charge in [0.15, 0.2) is 0 Å². The summed E-state index contributed by atoms with van der Waals surface area (Å²) in [5.74, 6) is -0.516. The first-order valence-electron chi connectivity index (χ1n) is 5.26. The summed E-state index contributed by atoms with van der Waals surface area (Å²) < 4.78 is 4.25. The molecule has 0 heterocycles. The minimum absolute atomic E-state index is 0.506. The Morgan fingerprint density at radius 3 is 2.35 bits per heavy atom. The minimum Gasteiger partial charge on any atom is -0.343 e. The topological polar surface area (TPSA) is 26.3 Å². The van der Waals surface area contributed by atoms with Crippen LogP contribution in [0.5, 0.6) is 0 Å². The highest BCUT2D eigenvalue weighted by Gasteiger charge is 2.11. The van der Waals surface area contributed by atoms with E-state index >= 15 is 0 Å². The quantitative estimate of drug-likeness (QED) is 0.827. The maximum Gasteiger partial charge on any atom is 0.356 e. The van der Waals surface area contributed by atoms with Crippen molar-refractivity contribution in [1.82, 2.24) is 0 Å². The standard InChI is InChI=1S/C14H11ClO2/c15-17-14(16)13-9-5-4-8-12(13)10-11-6-2-1-3-7-11/h1-9H,10H2. The fraction of sp³-hybridized carbons (Fsp3) is 0.0714. The van der Waals surface area contributed by atoms with Gasteiger partial charge in [-0.1, -0.05) is 48.5 Å². The lowest BCUT2D eigenvalue weighted by atomic mass is 10.00. The normalized spacial score (nSPS) is 9.94. The van der Waals surface area contributed by atoms with E-state index in [1.807, 2.05) is 42.5 Å². The molecule has 0 spiro atoms. The number of carbonyl (C=O) groups excluding carboxylic acids is 1. The number of hydrogen-bond donors (Lipinski definition) is 0. The van der Waals surface area contributed by atoms with Crippen molar-refractivity contribution in [3.05, 3.63) is 71.3 Å². The third kappa shape index (κ3) is 2.86. The average molecular weight is 247 g/mol. The van der Waals surface area contributed by atoms with E-state index in [4.69, 9.17) is 11.9 Å². The highest BCUT2D eigenvalue weighted by molar-refractivity contribution is 6.16. The lowest BCUT2D eigenvalue weighted by molar-refractivity contribution is 0.0750. The van der Waals surface area contributed by atoms with Crippen molar-refractivity contribution in [1.29, 1.82) is 0 Å². The van der Waals surface area contributed by atoms with Gasteiger partial charge >= 0.3 is 5.97 Å². The Morgan fingerprint density at radius 1 is 1.00 bits per heavy atom. The fourth-order valence-electron chi connectivity index (χ4n) is 1.73. The molecule has 0 amide bonds. The molecule has 2 aromatic carbocycles. The van der Waals surface area contributed by atoms with Gasteiger partial charge in [-0.2, -0.15) is 0 Å². The van der Waals surface area contributed by atoms with Gasteiger partial charge < -0.3 is 4.29 Å². The maximum atomic E-state index is 11.5. The van der Waals surface area contributed by atoms with E-state index in [-0.39, 0.29) is 0 Å². The van der Waals surface area contributed by atoms with Crippen molar-refractivity contribution in [3.8, 4) is 0 Å². The van der Waals surface area contributed by atoms with E-state index in [9.17, 15) is 4.79 Å². The van der Waals surface area contributed by atoms with E-state index < -0.39 is 5.97 Å². The first kappa shape index (κ1) is 11.7. The Bertz CT molecular complexity index is 509. The van der Waals surface area contributed by atoms with Gasteiger partial charge in [0.2, 0.25) is 0 Å². The zero-order valence-corrected chi connectivity index (χ0v) is 9.85. The summed E-state index contributed by atoms with van der Waals surface area (Å²) in [4.78, 5) is 11.5. The average Bonchev–Trinajstić information content (AvgIpc) is 2.40. The van der Waals surface area contributed by atoms with Gasteiger partial charge in [-0.3, -0.25) is 0 Å². The third-order valence-electron chi connectivity index (χ3n) is 2.54. The van der Waals surface area contributed by atoms with Crippen molar-refractivity contribution >= 4 is 17.8 Å².